The zero-order valence-corrected chi connectivity index (χ0v) is 16.9. The largest absolute Gasteiger partial charge is 0.507 e. The van der Waals surface area contributed by atoms with Crippen LogP contribution >= 0.6 is 22.9 Å². The highest BCUT2D eigenvalue weighted by Crippen LogP contribution is 2.42. The van der Waals surface area contributed by atoms with Gasteiger partial charge in [0.1, 0.15) is 23.3 Å². The quantitative estimate of drug-likeness (QED) is 0.363. The molecule has 1 unspecified atom stereocenters. The van der Waals surface area contributed by atoms with Crippen molar-refractivity contribution in [2.45, 2.75) is 12.6 Å². The zero-order chi connectivity index (χ0) is 20.5. The molecule has 1 N–H and O–H groups in total. The van der Waals surface area contributed by atoms with Crippen molar-refractivity contribution in [1.82, 2.24) is 4.90 Å². The molecule has 8 heteroatoms. The number of amides is 1. The van der Waals surface area contributed by atoms with E-state index < -0.39 is 17.7 Å². The summed E-state index contributed by atoms with van der Waals surface area (Å²) in [7, 11) is 1.48. The molecule has 0 radical (unpaired) electrons. The van der Waals surface area contributed by atoms with Crippen LogP contribution in [-0.2, 0) is 16.1 Å². The molecule has 6 nitrogen and oxygen atoms in total. The normalized spacial score (nSPS) is 18.4. The summed E-state index contributed by atoms with van der Waals surface area (Å²) in [4.78, 5) is 28.0. The molecule has 3 aromatic rings. The van der Waals surface area contributed by atoms with Crippen LogP contribution in [0.15, 0.2) is 64.1 Å². The molecule has 1 aromatic carbocycles. The van der Waals surface area contributed by atoms with E-state index in [1.54, 1.807) is 24.3 Å². The van der Waals surface area contributed by atoms with Gasteiger partial charge in [0.25, 0.3) is 11.7 Å². The molecule has 29 heavy (non-hydrogen) atoms. The predicted molar refractivity (Wildman–Crippen MR) is 109 cm³/mol. The van der Waals surface area contributed by atoms with Gasteiger partial charge in [0.2, 0.25) is 0 Å². The number of likely N-dealkylation sites (tertiary alicyclic amines) is 1. The summed E-state index contributed by atoms with van der Waals surface area (Å²) in [5, 5.41) is 13.1. The molecule has 0 spiro atoms. The molecule has 1 atom stereocenters. The molecule has 2 aromatic heterocycles. The van der Waals surface area contributed by atoms with Crippen LogP contribution in [0.4, 0.5) is 0 Å². The van der Waals surface area contributed by atoms with Crippen molar-refractivity contribution in [2.24, 2.45) is 0 Å². The van der Waals surface area contributed by atoms with Gasteiger partial charge in [-0.1, -0.05) is 17.7 Å². The van der Waals surface area contributed by atoms with Crippen LogP contribution in [0.1, 0.15) is 22.2 Å². The van der Waals surface area contributed by atoms with E-state index in [0.29, 0.717) is 11.5 Å². The van der Waals surface area contributed by atoms with Crippen molar-refractivity contribution in [3.8, 4) is 5.75 Å². The van der Waals surface area contributed by atoms with Crippen LogP contribution in [0.2, 0.25) is 5.02 Å². The molecular formula is C21H16ClNO5S. The Morgan fingerprint density at radius 2 is 2.10 bits per heavy atom. The van der Waals surface area contributed by atoms with Crippen LogP contribution in [0, 0.1) is 0 Å². The average Bonchev–Trinajstić information content (AvgIpc) is 3.47. The van der Waals surface area contributed by atoms with E-state index >= 15 is 0 Å². The minimum atomic E-state index is -0.866. The second-order valence-corrected chi connectivity index (χ2v) is 7.81. The molecule has 1 saturated heterocycles. The SMILES string of the molecule is COc1ccc(Cl)c(/C(O)=C2/C(=O)C(=O)N(Cc3cccs3)C2c2ccco2)c1. The van der Waals surface area contributed by atoms with Gasteiger partial charge in [0.15, 0.2) is 0 Å². The van der Waals surface area contributed by atoms with Crippen molar-refractivity contribution in [2.75, 3.05) is 7.11 Å². The molecule has 1 amide bonds. The van der Waals surface area contributed by atoms with Crippen LogP contribution in [0.25, 0.3) is 5.76 Å². The summed E-state index contributed by atoms with van der Waals surface area (Å²) in [6, 6.07) is 10.9. The Labute approximate surface area is 175 Å². The lowest BCUT2D eigenvalue weighted by atomic mass is 9.99. The van der Waals surface area contributed by atoms with Crippen molar-refractivity contribution in [1.29, 1.82) is 0 Å². The number of halogens is 1. The lowest BCUT2D eigenvalue weighted by Gasteiger charge is -2.22. The number of hydrogen-bond acceptors (Lipinski definition) is 6. The summed E-state index contributed by atoms with van der Waals surface area (Å²) < 4.78 is 10.7. The van der Waals surface area contributed by atoms with E-state index in [9.17, 15) is 14.7 Å². The maximum Gasteiger partial charge on any atom is 0.296 e. The van der Waals surface area contributed by atoms with E-state index in [2.05, 4.69) is 0 Å². The highest BCUT2D eigenvalue weighted by molar-refractivity contribution is 7.09. The number of furan rings is 1. The molecule has 0 saturated carbocycles. The number of benzene rings is 1. The first-order valence-corrected chi connectivity index (χ1v) is 9.95. The third-order valence-corrected chi connectivity index (χ3v) is 5.88. The van der Waals surface area contributed by atoms with E-state index in [1.807, 2.05) is 17.5 Å². The van der Waals surface area contributed by atoms with Gasteiger partial charge >= 0.3 is 0 Å². The number of ether oxygens (including phenoxy) is 1. The molecule has 148 valence electrons. The summed E-state index contributed by atoms with van der Waals surface area (Å²) in [5.41, 5.74) is 0.133. The van der Waals surface area contributed by atoms with Gasteiger partial charge in [-0.2, -0.15) is 0 Å². The van der Waals surface area contributed by atoms with Crippen molar-refractivity contribution < 1.29 is 23.8 Å². The molecule has 1 aliphatic heterocycles. The Morgan fingerprint density at radius 3 is 2.76 bits per heavy atom. The first-order chi connectivity index (χ1) is 14.0. The number of thiophene rings is 1. The second-order valence-electron chi connectivity index (χ2n) is 6.37. The van der Waals surface area contributed by atoms with Gasteiger partial charge in [-0.05, 0) is 41.8 Å². The number of Topliss-reactive ketones (excluding diaryl/α,β-unsaturated/α-hetero) is 1. The Morgan fingerprint density at radius 1 is 1.28 bits per heavy atom. The van der Waals surface area contributed by atoms with E-state index in [4.69, 9.17) is 20.8 Å². The molecule has 1 fully saturated rings. The highest BCUT2D eigenvalue weighted by atomic mass is 35.5. The fourth-order valence-corrected chi connectivity index (χ4v) is 4.22. The highest BCUT2D eigenvalue weighted by Gasteiger charge is 2.47. The first-order valence-electron chi connectivity index (χ1n) is 8.69. The molecule has 4 rings (SSSR count). The molecule has 1 aliphatic rings. The summed E-state index contributed by atoms with van der Waals surface area (Å²) in [5.74, 6) is -1.04. The fraction of sp³-hybridized carbons (Fsp3) is 0.143. The number of methoxy groups -OCH3 is 1. The van der Waals surface area contributed by atoms with E-state index in [-0.39, 0.29) is 28.5 Å². The number of carbonyl (C=O) groups excluding carboxylic acids is 2. The monoisotopic (exact) mass is 429 g/mol. The average molecular weight is 430 g/mol. The lowest BCUT2D eigenvalue weighted by molar-refractivity contribution is -0.140. The minimum Gasteiger partial charge on any atom is -0.507 e. The maximum absolute atomic E-state index is 12.9. The molecule has 0 aliphatic carbocycles. The van der Waals surface area contributed by atoms with E-state index in [1.165, 1.54) is 35.7 Å². The number of hydrogen-bond donors (Lipinski definition) is 1. The summed E-state index contributed by atoms with van der Waals surface area (Å²) in [6.07, 6.45) is 1.46. The van der Waals surface area contributed by atoms with Gasteiger partial charge in [-0.15, -0.1) is 11.3 Å². The zero-order valence-electron chi connectivity index (χ0n) is 15.3. The summed E-state index contributed by atoms with van der Waals surface area (Å²) in [6.45, 7) is 0.218. The van der Waals surface area contributed by atoms with Crippen molar-refractivity contribution in [3.63, 3.8) is 0 Å². The first kappa shape index (κ1) is 19.3. The molecule has 3 heterocycles. The number of ketones is 1. The predicted octanol–water partition coefficient (Wildman–Crippen LogP) is 4.63. The van der Waals surface area contributed by atoms with Gasteiger partial charge in [-0.3, -0.25) is 9.59 Å². The van der Waals surface area contributed by atoms with Crippen LogP contribution in [-0.4, -0.2) is 28.8 Å². The third kappa shape index (κ3) is 3.43. The fourth-order valence-electron chi connectivity index (χ4n) is 3.31. The number of rotatable bonds is 5. The lowest BCUT2D eigenvalue weighted by Crippen LogP contribution is -2.28. The standard InChI is InChI=1S/C21H16ClNO5S/c1-27-12-6-7-15(22)14(10-12)19(24)17-18(16-5-2-8-28-16)23(21(26)20(17)25)11-13-4-3-9-29-13/h2-10,18,24H,11H2,1H3/b19-17-. The van der Waals surface area contributed by atoms with Crippen LogP contribution < -0.4 is 4.74 Å². The Balaban J connectivity index is 1.87. The van der Waals surface area contributed by atoms with Crippen molar-refractivity contribution >= 4 is 40.4 Å². The second kappa shape index (κ2) is 7.77. The van der Waals surface area contributed by atoms with Gasteiger partial charge in [0, 0.05) is 10.4 Å². The van der Waals surface area contributed by atoms with E-state index in [0.717, 1.165) is 4.88 Å². The van der Waals surface area contributed by atoms with Crippen molar-refractivity contribution in [3.05, 3.63) is 80.9 Å². The Hall–Kier alpha value is -3.03. The molecule has 0 bridgehead atoms. The van der Waals surface area contributed by atoms with Gasteiger partial charge in [0.05, 0.1) is 30.5 Å². The number of aliphatic hydroxyl groups is 1. The minimum absolute atomic E-state index is 0.0725. The number of nitrogens with zero attached hydrogens (tertiary/aromatic N) is 1. The number of aliphatic hydroxyl groups excluding tert-OH is 1. The van der Waals surface area contributed by atoms with Crippen LogP contribution in [0.3, 0.4) is 0 Å². The number of carbonyl (C=O) groups is 2. The molecular weight excluding hydrogens is 414 g/mol. The summed E-state index contributed by atoms with van der Waals surface area (Å²) >= 11 is 7.73. The topological polar surface area (TPSA) is 80.0 Å². The smallest absolute Gasteiger partial charge is 0.296 e. The Kier molecular flexibility index (Phi) is 5.17. The van der Waals surface area contributed by atoms with Gasteiger partial charge < -0.3 is 19.2 Å². The third-order valence-electron chi connectivity index (χ3n) is 4.69. The Bertz CT molecular complexity index is 1090. The maximum atomic E-state index is 12.9. The van der Waals surface area contributed by atoms with Gasteiger partial charge in [-0.25, -0.2) is 0 Å². The van der Waals surface area contributed by atoms with Crippen LogP contribution in [0.5, 0.6) is 5.75 Å².